The predicted octanol–water partition coefficient (Wildman–Crippen LogP) is 6.13. The summed E-state index contributed by atoms with van der Waals surface area (Å²) in [4.78, 5) is 64.5. The van der Waals surface area contributed by atoms with Crippen molar-refractivity contribution in [2.45, 2.75) is 83.5 Å². The number of rotatable bonds is 13. The van der Waals surface area contributed by atoms with Crippen LogP contribution in [0.1, 0.15) is 82.2 Å². The van der Waals surface area contributed by atoms with Gasteiger partial charge in [0.25, 0.3) is 0 Å². The number of aliphatic hydroxyl groups is 1. The highest BCUT2D eigenvalue weighted by Gasteiger charge is 2.44. The van der Waals surface area contributed by atoms with Crippen LogP contribution in [0.4, 0.5) is 0 Å². The minimum absolute atomic E-state index is 0.0392. The Morgan fingerprint density at radius 3 is 2.35 bits per heavy atom. The van der Waals surface area contributed by atoms with E-state index in [1.165, 1.54) is 4.90 Å². The molecule has 1 unspecified atom stereocenters. The predicted molar refractivity (Wildman–Crippen MR) is 205 cm³/mol. The second-order valence-corrected chi connectivity index (χ2v) is 15.1. The summed E-state index contributed by atoms with van der Waals surface area (Å²) in [7, 11) is 0. The third-order valence-corrected chi connectivity index (χ3v) is 9.95. The van der Waals surface area contributed by atoms with E-state index in [4.69, 9.17) is 4.42 Å². The molecule has 54 heavy (non-hydrogen) atoms. The van der Waals surface area contributed by atoms with Crippen molar-refractivity contribution >= 4 is 34.5 Å². The Morgan fingerprint density at radius 1 is 0.907 bits per heavy atom. The average Bonchev–Trinajstić information content (AvgIpc) is 3.79. The Labute approximate surface area is 315 Å². The molecule has 6 rings (SSSR count). The van der Waals surface area contributed by atoms with E-state index in [2.05, 4.69) is 20.6 Å². The number of Topliss-reactive ketones (excluding diaryl/α,β-unsaturated/α-hetero) is 1. The minimum Gasteiger partial charge on any atom is -0.460 e. The second-order valence-electron chi connectivity index (χ2n) is 15.1. The first kappa shape index (κ1) is 38.1. The van der Waals surface area contributed by atoms with Crippen LogP contribution in [0.25, 0.3) is 22.2 Å². The van der Waals surface area contributed by atoms with Gasteiger partial charge in [-0.25, -0.2) is 0 Å². The third-order valence-electron chi connectivity index (χ3n) is 9.95. The molecule has 0 bridgehead atoms. The lowest BCUT2D eigenvalue weighted by atomic mass is 9.85. The van der Waals surface area contributed by atoms with Gasteiger partial charge in [-0.05, 0) is 53.8 Å². The summed E-state index contributed by atoms with van der Waals surface area (Å²) in [6, 6.07) is 24.4. The maximum atomic E-state index is 14.1. The zero-order valence-electron chi connectivity index (χ0n) is 31.1. The quantitative estimate of drug-likeness (QED) is 0.131. The van der Waals surface area contributed by atoms with E-state index in [0.29, 0.717) is 5.76 Å². The van der Waals surface area contributed by atoms with E-state index in [0.717, 1.165) is 33.4 Å². The molecular weight excluding hydrogens is 683 g/mol. The number of carbonyl (C=O) groups excluding carboxylic acids is 4. The summed E-state index contributed by atoms with van der Waals surface area (Å²) in [6.45, 7) is 7.30. The fraction of sp³-hybridized carbons (Fsp3) is 0.349. The van der Waals surface area contributed by atoms with Crippen LogP contribution < -0.4 is 10.6 Å². The van der Waals surface area contributed by atoms with E-state index in [-0.39, 0.29) is 50.0 Å². The van der Waals surface area contributed by atoms with Crippen molar-refractivity contribution in [3.63, 3.8) is 0 Å². The molecule has 0 aliphatic carbocycles. The standard InChI is InChI=1S/C43H47N5O6/c1-27(28-14-16-29(17-15-28)35-12-7-8-21-45-35)46-41(52)36-24-33(50)26-48(36)42(53)40(43(2,3)4)47-39(51)19-18-32(49)23-34(31-11-9-20-44-25-31)38-22-30-10-5-6-13-37(30)54-38/h5-17,20-22,25,27,33-34,36,40,50H,18-19,23-24,26H2,1-4H3,(H,46,52)(H,47,51)/t27-,33-,34?,36+,40-/m1/s1. The number of hydrogen-bond acceptors (Lipinski definition) is 8. The molecule has 3 aromatic heterocycles. The molecule has 2 aromatic carbocycles. The van der Waals surface area contributed by atoms with Crippen LogP contribution in [-0.2, 0) is 19.2 Å². The molecule has 11 nitrogen and oxygen atoms in total. The van der Waals surface area contributed by atoms with E-state index in [1.807, 2.05) is 113 Å². The van der Waals surface area contributed by atoms with Crippen molar-refractivity contribution in [1.82, 2.24) is 25.5 Å². The van der Waals surface area contributed by atoms with Gasteiger partial charge in [-0.3, -0.25) is 29.1 Å². The highest BCUT2D eigenvalue weighted by molar-refractivity contribution is 5.94. The molecule has 1 aliphatic rings. The molecule has 1 aliphatic heterocycles. The van der Waals surface area contributed by atoms with Crippen molar-refractivity contribution in [3.8, 4) is 11.3 Å². The van der Waals surface area contributed by atoms with Crippen molar-refractivity contribution in [2.75, 3.05) is 6.54 Å². The van der Waals surface area contributed by atoms with E-state index in [9.17, 15) is 24.3 Å². The number of ketones is 1. The number of aliphatic hydroxyl groups excluding tert-OH is 1. The van der Waals surface area contributed by atoms with Gasteiger partial charge in [0.05, 0.1) is 23.8 Å². The van der Waals surface area contributed by atoms with Gasteiger partial charge < -0.3 is 25.1 Å². The minimum atomic E-state index is -1.00. The normalized spacial score (nSPS) is 17.5. The summed E-state index contributed by atoms with van der Waals surface area (Å²) in [6.07, 6.45) is 4.23. The summed E-state index contributed by atoms with van der Waals surface area (Å²) in [5.41, 5.74) is 3.48. The topological polar surface area (TPSA) is 155 Å². The van der Waals surface area contributed by atoms with E-state index in [1.54, 1.807) is 18.6 Å². The van der Waals surface area contributed by atoms with E-state index < -0.39 is 41.3 Å². The first-order valence-corrected chi connectivity index (χ1v) is 18.4. The fourth-order valence-corrected chi connectivity index (χ4v) is 6.94. The zero-order chi connectivity index (χ0) is 38.4. The van der Waals surface area contributed by atoms with Gasteiger partial charge in [0.2, 0.25) is 17.7 Å². The zero-order valence-corrected chi connectivity index (χ0v) is 31.1. The number of benzene rings is 2. The summed E-state index contributed by atoms with van der Waals surface area (Å²) < 4.78 is 6.12. The molecule has 11 heteroatoms. The smallest absolute Gasteiger partial charge is 0.246 e. The highest BCUT2D eigenvalue weighted by atomic mass is 16.3. The molecule has 0 saturated carbocycles. The molecule has 4 heterocycles. The number of β-amino-alcohol motifs (C(OH)–C–C–N with tert-alkyl or cyclic N) is 1. The average molecular weight is 730 g/mol. The number of aromatic nitrogens is 2. The van der Waals surface area contributed by atoms with Crippen LogP contribution in [-0.4, -0.2) is 68.2 Å². The number of amides is 3. The van der Waals surface area contributed by atoms with Crippen molar-refractivity contribution < 1.29 is 28.7 Å². The van der Waals surface area contributed by atoms with Crippen LogP contribution >= 0.6 is 0 Å². The van der Waals surface area contributed by atoms with Crippen molar-refractivity contribution in [1.29, 1.82) is 0 Å². The van der Waals surface area contributed by atoms with Crippen LogP contribution in [0.15, 0.2) is 108 Å². The van der Waals surface area contributed by atoms with Crippen LogP contribution in [0, 0.1) is 5.41 Å². The fourth-order valence-electron chi connectivity index (χ4n) is 6.94. The number of pyridine rings is 2. The van der Waals surface area contributed by atoms with Crippen LogP contribution in [0.2, 0.25) is 0 Å². The molecular formula is C43H47N5O6. The lowest BCUT2D eigenvalue weighted by Gasteiger charge is -2.35. The van der Waals surface area contributed by atoms with Gasteiger partial charge in [0, 0.05) is 61.8 Å². The Morgan fingerprint density at radius 2 is 1.67 bits per heavy atom. The van der Waals surface area contributed by atoms with E-state index >= 15 is 0 Å². The van der Waals surface area contributed by atoms with Gasteiger partial charge in [0.1, 0.15) is 29.2 Å². The molecule has 280 valence electrons. The van der Waals surface area contributed by atoms with Crippen LogP contribution in [0.3, 0.4) is 0 Å². The summed E-state index contributed by atoms with van der Waals surface area (Å²) >= 11 is 0. The number of fused-ring (bicyclic) bond motifs is 1. The van der Waals surface area contributed by atoms with Crippen molar-refractivity contribution in [3.05, 3.63) is 120 Å². The van der Waals surface area contributed by atoms with Gasteiger partial charge in [0.15, 0.2) is 0 Å². The summed E-state index contributed by atoms with van der Waals surface area (Å²) in [5.74, 6) is -1.20. The number of carbonyl (C=O) groups is 4. The molecule has 3 N–H and O–H groups in total. The largest absolute Gasteiger partial charge is 0.460 e. The Bertz CT molecular complexity index is 2040. The number of nitrogens with zero attached hydrogens (tertiary/aromatic N) is 3. The number of nitrogens with one attached hydrogen (secondary N) is 2. The molecule has 3 amide bonds. The number of para-hydroxylation sites is 1. The molecule has 1 saturated heterocycles. The van der Waals surface area contributed by atoms with Gasteiger partial charge in [-0.2, -0.15) is 0 Å². The number of furan rings is 1. The monoisotopic (exact) mass is 729 g/mol. The summed E-state index contributed by atoms with van der Waals surface area (Å²) in [5, 5.41) is 17.4. The first-order chi connectivity index (χ1) is 25.9. The Hall–Kier alpha value is -5.68. The van der Waals surface area contributed by atoms with Crippen LogP contribution in [0.5, 0.6) is 0 Å². The highest BCUT2D eigenvalue weighted by Crippen LogP contribution is 2.33. The molecule has 5 atom stereocenters. The molecule has 5 aromatic rings. The molecule has 1 fully saturated rings. The van der Waals surface area contributed by atoms with Gasteiger partial charge in [-0.15, -0.1) is 0 Å². The van der Waals surface area contributed by atoms with Gasteiger partial charge >= 0.3 is 0 Å². The second kappa shape index (κ2) is 16.6. The number of likely N-dealkylation sites (tertiary alicyclic amines) is 1. The first-order valence-electron chi connectivity index (χ1n) is 18.4. The SMILES string of the molecule is C[C@@H](NC(=O)[C@@H]1C[C@@H](O)CN1C(=O)[C@@H](NC(=O)CCC(=O)CC(c1cccnc1)c1cc2ccccc2o1)C(C)(C)C)c1ccc(-c2ccccn2)cc1. The third kappa shape index (κ3) is 9.09. The Balaban J connectivity index is 1.08. The molecule has 0 spiro atoms. The maximum Gasteiger partial charge on any atom is 0.246 e. The molecule has 0 radical (unpaired) electrons. The number of hydrogen-bond donors (Lipinski definition) is 3. The lowest BCUT2D eigenvalue weighted by molar-refractivity contribution is -0.144. The maximum absolute atomic E-state index is 14.1. The lowest BCUT2D eigenvalue weighted by Crippen LogP contribution is -2.57. The van der Waals surface area contributed by atoms with Gasteiger partial charge in [-0.1, -0.05) is 75.4 Å². The Kier molecular flexibility index (Phi) is 11.7. The van der Waals surface area contributed by atoms with Crippen molar-refractivity contribution in [2.24, 2.45) is 5.41 Å².